The maximum atomic E-state index is 12.3. The molecule has 26 heavy (non-hydrogen) atoms. The van der Waals surface area contributed by atoms with Gasteiger partial charge in [0.25, 0.3) is 0 Å². The molecule has 126 valence electrons. The monoisotopic (exact) mass is 339 g/mol. The van der Waals surface area contributed by atoms with E-state index in [1.54, 1.807) is 6.08 Å². The van der Waals surface area contributed by atoms with Gasteiger partial charge in [-0.25, -0.2) is 4.98 Å². The molecule has 1 aromatic heterocycles. The number of nitrogens with one attached hydrogen (secondary N) is 1. The van der Waals surface area contributed by atoms with Crippen molar-refractivity contribution in [2.24, 2.45) is 0 Å². The first-order valence-corrected chi connectivity index (χ1v) is 8.64. The summed E-state index contributed by atoms with van der Waals surface area (Å²) in [5, 5.41) is 14.3. The van der Waals surface area contributed by atoms with Gasteiger partial charge in [0.15, 0.2) is 5.82 Å². The van der Waals surface area contributed by atoms with Crippen LogP contribution in [0, 0.1) is 11.3 Å². The lowest BCUT2D eigenvalue weighted by Crippen LogP contribution is -2.12. The van der Waals surface area contributed by atoms with Gasteiger partial charge in [0.05, 0.1) is 5.56 Å². The van der Waals surface area contributed by atoms with E-state index in [2.05, 4.69) is 16.4 Å². The van der Waals surface area contributed by atoms with Crippen LogP contribution in [0.3, 0.4) is 0 Å². The first-order valence-electron chi connectivity index (χ1n) is 8.64. The van der Waals surface area contributed by atoms with Gasteiger partial charge in [0, 0.05) is 11.8 Å². The van der Waals surface area contributed by atoms with Crippen LogP contribution >= 0.6 is 0 Å². The maximum absolute atomic E-state index is 12.3. The summed E-state index contributed by atoms with van der Waals surface area (Å²) in [5.41, 5.74) is 3.49. The number of carbonyl (C=O) groups excluding carboxylic acids is 1. The molecule has 0 atom stereocenters. The van der Waals surface area contributed by atoms with Crippen molar-refractivity contribution in [1.29, 1.82) is 5.26 Å². The molecule has 3 aromatic rings. The van der Waals surface area contributed by atoms with Crippen LogP contribution in [0.4, 0.5) is 5.82 Å². The smallest absolute Gasteiger partial charge is 0.249 e. The fourth-order valence-corrected chi connectivity index (χ4v) is 3.37. The van der Waals surface area contributed by atoms with Gasteiger partial charge >= 0.3 is 0 Å². The molecule has 1 amide bonds. The number of rotatable bonds is 3. The fourth-order valence-electron chi connectivity index (χ4n) is 3.37. The molecule has 0 bridgehead atoms. The molecule has 4 rings (SSSR count). The highest BCUT2D eigenvalue weighted by Gasteiger charge is 2.17. The quantitative estimate of drug-likeness (QED) is 0.726. The molecule has 0 saturated carbocycles. The van der Waals surface area contributed by atoms with Gasteiger partial charge in [0.1, 0.15) is 6.07 Å². The van der Waals surface area contributed by atoms with Gasteiger partial charge in [-0.05, 0) is 53.3 Å². The van der Waals surface area contributed by atoms with Crippen molar-refractivity contribution in [3.05, 3.63) is 77.0 Å². The first kappa shape index (κ1) is 16.0. The molecule has 4 nitrogen and oxygen atoms in total. The van der Waals surface area contributed by atoms with E-state index in [4.69, 9.17) is 0 Å². The number of aromatic nitrogens is 1. The molecule has 0 fully saturated rings. The number of fused-ring (bicyclic) bond motifs is 2. The summed E-state index contributed by atoms with van der Waals surface area (Å²) in [6.45, 7) is 0. The standard InChI is InChI=1S/C22H17N3O/c23-14-18-13-17-8-4-10-20(17)24-22(18)25-21(26)12-11-16-7-3-6-15-5-1-2-9-19(15)16/h1-3,5-7,9,11-13H,4,8,10H2,(H,24,25,26). The molecule has 4 heteroatoms. The van der Waals surface area contributed by atoms with Gasteiger partial charge in [-0.1, -0.05) is 42.5 Å². The van der Waals surface area contributed by atoms with E-state index >= 15 is 0 Å². The molecule has 1 N–H and O–H groups in total. The van der Waals surface area contributed by atoms with Crippen LogP contribution in [0.2, 0.25) is 0 Å². The van der Waals surface area contributed by atoms with Crippen LogP contribution < -0.4 is 5.32 Å². The van der Waals surface area contributed by atoms with E-state index < -0.39 is 0 Å². The van der Waals surface area contributed by atoms with Crippen molar-refractivity contribution in [3.63, 3.8) is 0 Å². The maximum Gasteiger partial charge on any atom is 0.249 e. The summed E-state index contributed by atoms with van der Waals surface area (Å²) >= 11 is 0. The number of benzene rings is 2. The molecule has 0 spiro atoms. The molecular formula is C22H17N3O. The molecule has 0 radical (unpaired) electrons. The van der Waals surface area contributed by atoms with Crippen LogP contribution in [0.15, 0.2) is 54.6 Å². The van der Waals surface area contributed by atoms with E-state index in [-0.39, 0.29) is 5.91 Å². The molecule has 1 aliphatic rings. The third-order valence-corrected chi connectivity index (χ3v) is 4.65. The van der Waals surface area contributed by atoms with E-state index in [9.17, 15) is 10.1 Å². The second-order valence-electron chi connectivity index (χ2n) is 6.35. The van der Waals surface area contributed by atoms with E-state index in [0.717, 1.165) is 46.9 Å². The minimum Gasteiger partial charge on any atom is -0.306 e. The lowest BCUT2D eigenvalue weighted by molar-refractivity contribution is -0.111. The van der Waals surface area contributed by atoms with Crippen LogP contribution in [0.25, 0.3) is 16.8 Å². The van der Waals surface area contributed by atoms with Crippen LogP contribution in [0.5, 0.6) is 0 Å². The Kier molecular flexibility index (Phi) is 4.20. The zero-order chi connectivity index (χ0) is 17.9. The third-order valence-electron chi connectivity index (χ3n) is 4.65. The summed E-state index contributed by atoms with van der Waals surface area (Å²) in [6, 6.07) is 18.0. The van der Waals surface area contributed by atoms with Crippen molar-refractivity contribution in [1.82, 2.24) is 4.98 Å². The molecule has 0 unspecified atom stereocenters. The van der Waals surface area contributed by atoms with E-state index in [0.29, 0.717) is 11.4 Å². The third kappa shape index (κ3) is 3.07. The average Bonchev–Trinajstić information content (AvgIpc) is 3.13. The average molecular weight is 339 g/mol. The zero-order valence-corrected chi connectivity index (χ0v) is 14.2. The minimum atomic E-state index is -0.292. The second kappa shape index (κ2) is 6.81. The lowest BCUT2D eigenvalue weighted by Gasteiger charge is -2.07. The van der Waals surface area contributed by atoms with Crippen molar-refractivity contribution >= 4 is 28.6 Å². The number of hydrogen-bond donors (Lipinski definition) is 1. The molecular weight excluding hydrogens is 322 g/mol. The molecule has 0 saturated heterocycles. The number of amides is 1. The predicted molar refractivity (Wildman–Crippen MR) is 103 cm³/mol. The van der Waals surface area contributed by atoms with Gasteiger partial charge in [0.2, 0.25) is 5.91 Å². The Bertz CT molecular complexity index is 1070. The second-order valence-corrected chi connectivity index (χ2v) is 6.35. The highest BCUT2D eigenvalue weighted by Crippen LogP contribution is 2.25. The van der Waals surface area contributed by atoms with Crippen molar-refractivity contribution in [2.75, 3.05) is 5.32 Å². The summed E-state index contributed by atoms with van der Waals surface area (Å²) in [5.74, 6) is 0.0561. The topological polar surface area (TPSA) is 65.8 Å². The van der Waals surface area contributed by atoms with Gasteiger partial charge in [-0.2, -0.15) is 5.26 Å². The first-order chi connectivity index (χ1) is 12.7. The summed E-state index contributed by atoms with van der Waals surface area (Å²) in [4.78, 5) is 16.8. The Labute approximate surface area is 151 Å². The number of nitriles is 1. The zero-order valence-electron chi connectivity index (χ0n) is 14.2. The normalized spacial score (nSPS) is 12.9. The Balaban J connectivity index is 1.58. The summed E-state index contributed by atoms with van der Waals surface area (Å²) in [6.07, 6.45) is 6.17. The largest absolute Gasteiger partial charge is 0.306 e. The van der Waals surface area contributed by atoms with E-state index in [1.165, 1.54) is 6.08 Å². The molecule has 1 heterocycles. The number of nitrogens with zero attached hydrogens (tertiary/aromatic N) is 2. The highest BCUT2D eigenvalue weighted by molar-refractivity contribution is 6.03. The number of anilines is 1. The lowest BCUT2D eigenvalue weighted by atomic mass is 10.0. The Morgan fingerprint density at radius 3 is 2.88 bits per heavy atom. The van der Waals surface area contributed by atoms with Crippen LogP contribution in [0.1, 0.15) is 28.8 Å². The van der Waals surface area contributed by atoms with Crippen molar-refractivity contribution < 1.29 is 4.79 Å². The van der Waals surface area contributed by atoms with Crippen molar-refractivity contribution in [2.45, 2.75) is 19.3 Å². The Morgan fingerprint density at radius 1 is 1.15 bits per heavy atom. The van der Waals surface area contributed by atoms with Gasteiger partial charge in [-0.3, -0.25) is 4.79 Å². The molecule has 2 aromatic carbocycles. The van der Waals surface area contributed by atoms with Gasteiger partial charge in [-0.15, -0.1) is 0 Å². The number of carbonyl (C=O) groups is 1. The van der Waals surface area contributed by atoms with Gasteiger partial charge < -0.3 is 5.32 Å². The number of aryl methyl sites for hydroxylation is 2. The SMILES string of the molecule is N#Cc1cc2c(nc1NC(=O)C=Cc1cccc3ccccc13)CCC2. The summed E-state index contributed by atoms with van der Waals surface area (Å²) in [7, 11) is 0. The Morgan fingerprint density at radius 2 is 2.00 bits per heavy atom. The van der Waals surface area contributed by atoms with Crippen LogP contribution in [-0.2, 0) is 17.6 Å². The summed E-state index contributed by atoms with van der Waals surface area (Å²) < 4.78 is 0. The minimum absolute atomic E-state index is 0.292. The predicted octanol–water partition coefficient (Wildman–Crippen LogP) is 4.25. The van der Waals surface area contributed by atoms with Crippen LogP contribution in [-0.4, -0.2) is 10.9 Å². The highest BCUT2D eigenvalue weighted by atomic mass is 16.1. The van der Waals surface area contributed by atoms with E-state index in [1.807, 2.05) is 48.5 Å². The fraction of sp³-hybridized carbons (Fsp3) is 0.136. The number of pyridine rings is 1. The Hall–Kier alpha value is -3.45. The number of hydrogen-bond acceptors (Lipinski definition) is 3. The molecule has 1 aliphatic carbocycles. The molecule has 0 aliphatic heterocycles. The van der Waals surface area contributed by atoms with Crippen molar-refractivity contribution in [3.8, 4) is 6.07 Å².